The molecule has 126 valence electrons. The quantitative estimate of drug-likeness (QED) is 0.917. The number of hydrogen-bond acceptors (Lipinski definition) is 4. The van der Waals surface area contributed by atoms with Crippen molar-refractivity contribution >= 4 is 5.97 Å². The van der Waals surface area contributed by atoms with E-state index in [0.717, 1.165) is 52.0 Å². The van der Waals surface area contributed by atoms with Crippen LogP contribution in [0.3, 0.4) is 0 Å². The highest BCUT2D eigenvalue weighted by Crippen LogP contribution is 2.25. The monoisotopic (exact) mass is 320 g/mol. The number of carboxylic acid groups (broad SMARTS) is 1. The predicted molar refractivity (Wildman–Crippen MR) is 86.1 cm³/mol. The lowest BCUT2D eigenvalue weighted by atomic mass is 9.99. The van der Waals surface area contributed by atoms with Crippen molar-refractivity contribution < 1.29 is 14.6 Å². The predicted octanol–water partition coefficient (Wildman–Crippen LogP) is 1.67. The third-order valence-electron chi connectivity index (χ3n) is 5.14. The van der Waals surface area contributed by atoms with Gasteiger partial charge in [0.2, 0.25) is 0 Å². The van der Waals surface area contributed by atoms with E-state index in [4.69, 9.17) is 4.74 Å². The van der Waals surface area contributed by atoms with Gasteiger partial charge in [-0.1, -0.05) is 0 Å². The van der Waals surface area contributed by atoms with E-state index in [1.165, 1.54) is 0 Å². The van der Waals surface area contributed by atoms with Crippen LogP contribution in [-0.4, -0.2) is 52.9 Å². The maximum Gasteiger partial charge on any atom is 0.341 e. The lowest BCUT2D eigenvalue weighted by Crippen LogP contribution is -2.45. The van der Waals surface area contributed by atoms with Crippen LogP contribution in [-0.2, 0) is 4.74 Å². The molecule has 0 aromatic carbocycles. The third-order valence-corrected chi connectivity index (χ3v) is 5.14. The first-order valence-electron chi connectivity index (χ1n) is 8.34. The summed E-state index contributed by atoms with van der Waals surface area (Å²) < 4.78 is 7.04. The van der Waals surface area contributed by atoms with Crippen LogP contribution in [0.5, 0.6) is 0 Å². The van der Waals surface area contributed by atoms with Crippen LogP contribution in [0.2, 0.25) is 0 Å². The molecule has 0 radical (unpaired) electrons. The summed E-state index contributed by atoms with van der Waals surface area (Å²) in [6.07, 6.45) is 5.69. The van der Waals surface area contributed by atoms with Crippen LogP contribution in [0.1, 0.15) is 47.6 Å². The fourth-order valence-electron chi connectivity index (χ4n) is 3.77. The van der Waals surface area contributed by atoms with Gasteiger partial charge in [-0.2, -0.15) is 0 Å². The minimum atomic E-state index is -1.14. The zero-order valence-electron chi connectivity index (χ0n) is 13.5. The number of aromatic carboxylic acids is 1. The number of aryl methyl sites for hydroxylation is 1. The van der Waals surface area contributed by atoms with Crippen molar-refractivity contribution in [2.75, 3.05) is 26.3 Å². The molecule has 2 aliphatic rings. The Hall–Kier alpha value is -1.66. The van der Waals surface area contributed by atoms with Crippen LogP contribution in [0, 0.1) is 6.92 Å². The van der Waals surface area contributed by atoms with Crippen LogP contribution in [0.25, 0.3) is 0 Å². The maximum absolute atomic E-state index is 12.5. The SMILES string of the molecule is Cc1ccn(C2CCN(C3CCOCC3)CC2)c(=O)c1C(=O)O. The van der Waals surface area contributed by atoms with Crippen molar-refractivity contribution in [3.63, 3.8) is 0 Å². The van der Waals surface area contributed by atoms with E-state index in [-0.39, 0.29) is 17.2 Å². The molecule has 23 heavy (non-hydrogen) atoms. The summed E-state index contributed by atoms with van der Waals surface area (Å²) in [4.78, 5) is 26.3. The molecular formula is C17H24N2O4. The molecule has 0 saturated carbocycles. The van der Waals surface area contributed by atoms with Gasteiger partial charge in [-0.15, -0.1) is 0 Å². The molecule has 1 aromatic rings. The molecule has 2 fully saturated rings. The van der Waals surface area contributed by atoms with E-state index in [2.05, 4.69) is 4.90 Å². The zero-order valence-corrected chi connectivity index (χ0v) is 13.5. The van der Waals surface area contributed by atoms with Crippen molar-refractivity contribution in [3.05, 3.63) is 33.7 Å². The van der Waals surface area contributed by atoms with Crippen molar-refractivity contribution in [1.29, 1.82) is 0 Å². The molecule has 0 bridgehead atoms. The summed E-state index contributed by atoms with van der Waals surface area (Å²) in [6, 6.07) is 2.42. The molecule has 0 amide bonds. The van der Waals surface area contributed by atoms with E-state index in [1.54, 1.807) is 23.8 Å². The number of carbonyl (C=O) groups is 1. The Kier molecular flexibility index (Phi) is 4.82. The second-order valence-electron chi connectivity index (χ2n) is 6.50. The minimum absolute atomic E-state index is 0.0947. The van der Waals surface area contributed by atoms with Gasteiger partial charge >= 0.3 is 5.97 Å². The van der Waals surface area contributed by atoms with Crippen molar-refractivity contribution in [2.24, 2.45) is 0 Å². The summed E-state index contributed by atoms with van der Waals surface area (Å²) >= 11 is 0. The first kappa shape index (κ1) is 16.2. The van der Waals surface area contributed by atoms with Crippen molar-refractivity contribution in [1.82, 2.24) is 9.47 Å². The number of ether oxygens (including phenoxy) is 1. The summed E-state index contributed by atoms with van der Waals surface area (Å²) in [5.41, 5.74) is 0.0553. The van der Waals surface area contributed by atoms with Gasteiger partial charge in [0.25, 0.3) is 5.56 Å². The maximum atomic E-state index is 12.5. The highest BCUT2D eigenvalue weighted by Gasteiger charge is 2.28. The molecule has 0 aliphatic carbocycles. The van der Waals surface area contributed by atoms with Gasteiger partial charge in [0.15, 0.2) is 0 Å². The van der Waals surface area contributed by atoms with Crippen molar-refractivity contribution in [2.45, 2.75) is 44.7 Å². The van der Waals surface area contributed by atoms with Gasteiger partial charge in [-0.25, -0.2) is 4.79 Å². The van der Waals surface area contributed by atoms with Crippen LogP contribution in [0.4, 0.5) is 0 Å². The fraction of sp³-hybridized carbons (Fsp3) is 0.647. The van der Waals surface area contributed by atoms with E-state index in [0.29, 0.717) is 11.6 Å². The lowest BCUT2D eigenvalue weighted by Gasteiger charge is -2.39. The standard InChI is InChI=1S/C17H24N2O4/c1-12-2-9-19(16(20)15(12)17(21)22)14-3-7-18(8-4-14)13-5-10-23-11-6-13/h2,9,13-14H,3-8,10-11H2,1H3,(H,21,22). The minimum Gasteiger partial charge on any atom is -0.477 e. The average Bonchev–Trinajstić information content (AvgIpc) is 2.56. The number of likely N-dealkylation sites (tertiary alicyclic amines) is 1. The Morgan fingerprint density at radius 2 is 1.83 bits per heavy atom. The summed E-state index contributed by atoms with van der Waals surface area (Å²) in [5, 5.41) is 9.25. The largest absolute Gasteiger partial charge is 0.477 e. The number of carboxylic acids is 1. The molecule has 0 atom stereocenters. The molecule has 2 saturated heterocycles. The molecular weight excluding hydrogens is 296 g/mol. The normalized spacial score (nSPS) is 21.4. The highest BCUT2D eigenvalue weighted by molar-refractivity contribution is 5.88. The molecule has 3 rings (SSSR count). The first-order chi connectivity index (χ1) is 11.1. The van der Waals surface area contributed by atoms with Crippen LogP contribution >= 0.6 is 0 Å². The number of hydrogen-bond donors (Lipinski definition) is 1. The molecule has 1 N–H and O–H groups in total. The Morgan fingerprint density at radius 3 is 2.43 bits per heavy atom. The summed E-state index contributed by atoms with van der Waals surface area (Å²) in [6.45, 7) is 5.26. The molecule has 1 aromatic heterocycles. The van der Waals surface area contributed by atoms with Gasteiger partial charge in [-0.05, 0) is 44.2 Å². The summed E-state index contributed by atoms with van der Waals surface area (Å²) in [7, 11) is 0. The van der Waals surface area contributed by atoms with Crippen molar-refractivity contribution in [3.8, 4) is 0 Å². The van der Waals surface area contributed by atoms with Crippen LogP contribution < -0.4 is 5.56 Å². The number of aromatic nitrogens is 1. The number of rotatable bonds is 3. The van der Waals surface area contributed by atoms with Gasteiger partial charge in [0, 0.05) is 44.6 Å². The molecule has 3 heterocycles. The van der Waals surface area contributed by atoms with Gasteiger partial charge in [-0.3, -0.25) is 4.79 Å². The second kappa shape index (κ2) is 6.84. The molecule has 2 aliphatic heterocycles. The lowest BCUT2D eigenvalue weighted by molar-refractivity contribution is 0.0217. The van der Waals surface area contributed by atoms with Gasteiger partial charge in [0.1, 0.15) is 5.56 Å². The molecule has 0 unspecified atom stereocenters. The van der Waals surface area contributed by atoms with E-state index in [9.17, 15) is 14.7 Å². The van der Waals surface area contributed by atoms with Gasteiger partial charge in [0.05, 0.1) is 0 Å². The number of pyridine rings is 1. The Bertz CT molecular complexity index is 626. The molecule has 6 nitrogen and oxygen atoms in total. The number of nitrogens with zero attached hydrogens (tertiary/aromatic N) is 2. The average molecular weight is 320 g/mol. The van der Waals surface area contributed by atoms with E-state index in [1.807, 2.05) is 0 Å². The third kappa shape index (κ3) is 3.33. The Morgan fingerprint density at radius 1 is 1.17 bits per heavy atom. The Balaban J connectivity index is 1.71. The Labute approximate surface area is 135 Å². The smallest absolute Gasteiger partial charge is 0.341 e. The topological polar surface area (TPSA) is 71.8 Å². The van der Waals surface area contributed by atoms with Gasteiger partial charge < -0.3 is 19.3 Å². The van der Waals surface area contributed by atoms with E-state index < -0.39 is 5.97 Å². The molecule has 0 spiro atoms. The first-order valence-corrected chi connectivity index (χ1v) is 8.34. The van der Waals surface area contributed by atoms with Crippen LogP contribution in [0.15, 0.2) is 17.1 Å². The second-order valence-corrected chi connectivity index (χ2v) is 6.50. The fourth-order valence-corrected chi connectivity index (χ4v) is 3.77. The highest BCUT2D eigenvalue weighted by atomic mass is 16.5. The molecule has 6 heteroatoms. The van der Waals surface area contributed by atoms with E-state index >= 15 is 0 Å². The number of piperidine rings is 1. The zero-order chi connectivity index (χ0) is 16.4. The summed E-state index contributed by atoms with van der Waals surface area (Å²) in [5.74, 6) is -1.14.